The number of amides is 1. The summed E-state index contributed by atoms with van der Waals surface area (Å²) in [6, 6.07) is 3.60. The summed E-state index contributed by atoms with van der Waals surface area (Å²) in [7, 11) is 0. The van der Waals surface area contributed by atoms with Gasteiger partial charge in [0, 0.05) is 26.0 Å². The van der Waals surface area contributed by atoms with Gasteiger partial charge in [0.1, 0.15) is 0 Å². The molecule has 2 aromatic rings. The summed E-state index contributed by atoms with van der Waals surface area (Å²) in [5.41, 5.74) is 1.47. The zero-order valence-corrected chi connectivity index (χ0v) is 13.5. The van der Waals surface area contributed by atoms with Crippen molar-refractivity contribution in [3.63, 3.8) is 0 Å². The summed E-state index contributed by atoms with van der Waals surface area (Å²) in [5.74, 6) is -0.179. The highest BCUT2D eigenvalue weighted by atomic mass is 79.9. The summed E-state index contributed by atoms with van der Waals surface area (Å²) >= 11 is 6.85. The van der Waals surface area contributed by atoms with Crippen LogP contribution in [0.3, 0.4) is 0 Å². The molecule has 1 amide bonds. The van der Waals surface area contributed by atoms with E-state index in [0.717, 1.165) is 19.8 Å². The number of aliphatic hydroxyl groups excluding tert-OH is 1. The van der Waals surface area contributed by atoms with E-state index in [9.17, 15) is 4.79 Å². The number of aromatic amines is 1. The van der Waals surface area contributed by atoms with Crippen molar-refractivity contribution in [2.24, 2.45) is 0 Å². The van der Waals surface area contributed by atoms with Crippen LogP contribution < -0.4 is 5.32 Å². The molecule has 0 saturated carbocycles. The van der Waals surface area contributed by atoms with Crippen LogP contribution in [0, 0.1) is 0 Å². The van der Waals surface area contributed by atoms with Gasteiger partial charge in [-0.25, -0.2) is 0 Å². The molecule has 1 heterocycles. The van der Waals surface area contributed by atoms with Gasteiger partial charge in [-0.15, -0.1) is 0 Å². The van der Waals surface area contributed by atoms with Gasteiger partial charge in [-0.1, -0.05) is 6.92 Å². The Labute approximate surface area is 127 Å². The molecule has 2 rings (SSSR count). The molecule has 0 spiro atoms. The number of aromatic nitrogens is 1. The summed E-state index contributed by atoms with van der Waals surface area (Å²) in [6.45, 7) is 1.87. The zero-order chi connectivity index (χ0) is 14.0. The van der Waals surface area contributed by atoms with Gasteiger partial charge in [-0.3, -0.25) is 4.79 Å². The fourth-order valence-corrected chi connectivity index (χ4v) is 2.53. The lowest BCUT2D eigenvalue weighted by Crippen LogP contribution is -2.36. The molecule has 3 N–H and O–H groups in total. The largest absolute Gasteiger partial charge is 0.394 e. The lowest BCUT2D eigenvalue weighted by molar-refractivity contribution is 0.0916. The topological polar surface area (TPSA) is 65.1 Å². The standard InChI is InChI=1S/C13H14Br2N2O2/c1-2-7(6-18)17-13(19)9-5-16-12-4-11(15)10(14)3-8(9)12/h3-5,7,16,18H,2,6H2,1H3,(H,17,19)/t7-/m1/s1. The molecule has 1 atom stereocenters. The Balaban J connectivity index is 2.35. The van der Waals surface area contributed by atoms with Crippen molar-refractivity contribution in [2.45, 2.75) is 19.4 Å². The zero-order valence-electron chi connectivity index (χ0n) is 10.3. The maximum absolute atomic E-state index is 12.2. The normalized spacial score (nSPS) is 12.6. The first-order valence-electron chi connectivity index (χ1n) is 5.94. The molecule has 6 heteroatoms. The highest BCUT2D eigenvalue weighted by Gasteiger charge is 2.16. The van der Waals surface area contributed by atoms with Crippen molar-refractivity contribution in [1.82, 2.24) is 10.3 Å². The molecule has 19 heavy (non-hydrogen) atoms. The molecule has 4 nitrogen and oxygen atoms in total. The molecule has 0 radical (unpaired) electrons. The van der Waals surface area contributed by atoms with E-state index in [4.69, 9.17) is 5.11 Å². The average Bonchev–Trinajstić information content (AvgIpc) is 2.79. The van der Waals surface area contributed by atoms with Gasteiger partial charge in [0.05, 0.1) is 18.2 Å². The van der Waals surface area contributed by atoms with E-state index in [0.29, 0.717) is 12.0 Å². The average molecular weight is 390 g/mol. The predicted octanol–water partition coefficient (Wildman–Crippen LogP) is 3.19. The van der Waals surface area contributed by atoms with E-state index in [2.05, 4.69) is 42.2 Å². The van der Waals surface area contributed by atoms with Gasteiger partial charge in [0.15, 0.2) is 0 Å². The molecular weight excluding hydrogens is 376 g/mol. The minimum Gasteiger partial charge on any atom is -0.394 e. The molecule has 0 unspecified atom stereocenters. The summed E-state index contributed by atoms with van der Waals surface area (Å²) < 4.78 is 1.82. The quantitative estimate of drug-likeness (QED) is 0.751. The number of carbonyl (C=O) groups excluding carboxylic acids is 1. The monoisotopic (exact) mass is 388 g/mol. The molecule has 0 aliphatic carbocycles. The molecule has 0 aliphatic rings. The van der Waals surface area contributed by atoms with E-state index >= 15 is 0 Å². The highest BCUT2D eigenvalue weighted by Crippen LogP contribution is 2.30. The highest BCUT2D eigenvalue weighted by molar-refractivity contribution is 9.13. The van der Waals surface area contributed by atoms with Gasteiger partial charge in [-0.2, -0.15) is 0 Å². The Morgan fingerprint density at radius 3 is 2.74 bits per heavy atom. The van der Waals surface area contributed by atoms with Crippen LogP contribution in [0.5, 0.6) is 0 Å². The lowest BCUT2D eigenvalue weighted by atomic mass is 10.1. The van der Waals surface area contributed by atoms with E-state index in [1.165, 1.54) is 0 Å². The predicted molar refractivity (Wildman–Crippen MR) is 82.3 cm³/mol. The molecule has 0 bridgehead atoms. The number of nitrogens with one attached hydrogen (secondary N) is 2. The Morgan fingerprint density at radius 2 is 2.11 bits per heavy atom. The smallest absolute Gasteiger partial charge is 0.253 e. The number of fused-ring (bicyclic) bond motifs is 1. The molecular formula is C13H14Br2N2O2. The first kappa shape index (κ1) is 14.6. The van der Waals surface area contributed by atoms with Crippen molar-refractivity contribution >= 4 is 48.7 Å². The minimum absolute atomic E-state index is 0.0557. The van der Waals surface area contributed by atoms with Crippen LogP contribution in [-0.4, -0.2) is 28.6 Å². The number of hydrogen-bond acceptors (Lipinski definition) is 2. The Kier molecular flexibility index (Phi) is 4.65. The molecule has 0 fully saturated rings. The summed E-state index contributed by atoms with van der Waals surface area (Å²) in [5, 5.41) is 12.8. The van der Waals surface area contributed by atoms with E-state index in [-0.39, 0.29) is 18.6 Å². The number of hydrogen-bond donors (Lipinski definition) is 3. The fraction of sp³-hybridized carbons (Fsp3) is 0.308. The molecule has 1 aromatic carbocycles. The van der Waals surface area contributed by atoms with Crippen LogP contribution in [0.1, 0.15) is 23.7 Å². The van der Waals surface area contributed by atoms with Gasteiger partial charge in [-0.05, 0) is 50.4 Å². The molecule has 0 saturated heterocycles. The van der Waals surface area contributed by atoms with Gasteiger partial charge < -0.3 is 15.4 Å². The minimum atomic E-state index is -0.212. The van der Waals surface area contributed by atoms with E-state index in [1.807, 2.05) is 19.1 Å². The number of aliphatic hydroxyl groups is 1. The SMILES string of the molecule is CC[C@H](CO)NC(=O)c1c[nH]c2cc(Br)c(Br)cc12. The second-order valence-electron chi connectivity index (χ2n) is 4.28. The van der Waals surface area contributed by atoms with Crippen molar-refractivity contribution in [2.75, 3.05) is 6.61 Å². The number of halogens is 2. The van der Waals surface area contributed by atoms with Crippen molar-refractivity contribution < 1.29 is 9.90 Å². The second kappa shape index (κ2) is 6.07. The van der Waals surface area contributed by atoms with Crippen LogP contribution in [0.25, 0.3) is 10.9 Å². The second-order valence-corrected chi connectivity index (χ2v) is 5.98. The van der Waals surface area contributed by atoms with Crippen molar-refractivity contribution in [1.29, 1.82) is 0 Å². The van der Waals surface area contributed by atoms with Crippen LogP contribution in [0.15, 0.2) is 27.3 Å². The maximum atomic E-state index is 12.2. The van der Waals surface area contributed by atoms with Gasteiger partial charge in [0.25, 0.3) is 5.91 Å². The number of benzene rings is 1. The number of carbonyl (C=O) groups is 1. The van der Waals surface area contributed by atoms with E-state index < -0.39 is 0 Å². The third-order valence-corrected chi connectivity index (χ3v) is 4.86. The fourth-order valence-electron chi connectivity index (χ4n) is 1.84. The van der Waals surface area contributed by atoms with Gasteiger partial charge in [0.2, 0.25) is 0 Å². The third-order valence-electron chi connectivity index (χ3n) is 3.02. The van der Waals surface area contributed by atoms with Crippen molar-refractivity contribution in [3.05, 3.63) is 32.8 Å². The number of H-pyrrole nitrogens is 1. The first-order valence-corrected chi connectivity index (χ1v) is 7.53. The summed E-state index contributed by atoms with van der Waals surface area (Å²) in [4.78, 5) is 15.2. The Bertz CT molecular complexity index is 606. The van der Waals surface area contributed by atoms with Crippen LogP contribution in [-0.2, 0) is 0 Å². The first-order chi connectivity index (χ1) is 9.06. The van der Waals surface area contributed by atoms with Gasteiger partial charge >= 0.3 is 0 Å². The Hall–Kier alpha value is -0.850. The van der Waals surface area contributed by atoms with Crippen LogP contribution in [0.4, 0.5) is 0 Å². The van der Waals surface area contributed by atoms with Crippen LogP contribution >= 0.6 is 31.9 Å². The number of rotatable bonds is 4. The third kappa shape index (κ3) is 3.01. The van der Waals surface area contributed by atoms with Crippen LogP contribution in [0.2, 0.25) is 0 Å². The Morgan fingerprint density at radius 1 is 1.42 bits per heavy atom. The maximum Gasteiger partial charge on any atom is 0.253 e. The molecule has 102 valence electrons. The van der Waals surface area contributed by atoms with Crippen molar-refractivity contribution in [3.8, 4) is 0 Å². The molecule has 0 aliphatic heterocycles. The lowest BCUT2D eigenvalue weighted by Gasteiger charge is -2.13. The summed E-state index contributed by atoms with van der Waals surface area (Å²) in [6.07, 6.45) is 2.38. The van der Waals surface area contributed by atoms with E-state index in [1.54, 1.807) is 6.20 Å². The molecule has 1 aromatic heterocycles.